The highest BCUT2D eigenvalue weighted by Gasteiger charge is 2.39. The number of carbonyl (C=O) groups is 1. The van der Waals surface area contributed by atoms with Gasteiger partial charge in [0, 0.05) is 19.8 Å². The molecule has 1 atom stereocenters. The molecule has 0 aromatic carbocycles. The Hall–Kier alpha value is -0.610. The third kappa shape index (κ3) is 3.80. The minimum absolute atomic E-state index is 0.0432. The van der Waals surface area contributed by atoms with Crippen molar-refractivity contribution in [1.82, 2.24) is 0 Å². The average Bonchev–Trinajstić information content (AvgIpc) is 2.17. The molecule has 0 saturated carbocycles. The van der Waals surface area contributed by atoms with E-state index in [0.717, 1.165) is 6.42 Å². The first-order chi connectivity index (χ1) is 7.01. The minimum atomic E-state index is -0.795. The molecule has 0 amide bonds. The van der Waals surface area contributed by atoms with E-state index in [2.05, 4.69) is 0 Å². The van der Waals surface area contributed by atoms with Crippen LogP contribution in [0.1, 0.15) is 33.6 Å². The van der Waals surface area contributed by atoms with Gasteiger partial charge in [-0.2, -0.15) is 0 Å². The van der Waals surface area contributed by atoms with Crippen LogP contribution >= 0.6 is 0 Å². The molecule has 4 heteroatoms. The molecule has 0 heterocycles. The van der Waals surface area contributed by atoms with Crippen molar-refractivity contribution in [3.63, 3.8) is 0 Å². The number of hydrogen-bond acceptors (Lipinski definition) is 3. The maximum Gasteiger partial charge on any atom is 0.311 e. The van der Waals surface area contributed by atoms with Crippen LogP contribution in [0, 0.1) is 11.3 Å². The summed E-state index contributed by atoms with van der Waals surface area (Å²) in [6, 6.07) is 0. The Kier molecular flexibility index (Phi) is 6.52. The monoisotopic (exact) mass is 217 g/mol. The predicted molar refractivity (Wildman–Crippen MR) is 59.7 cm³/mol. The third-order valence-electron chi connectivity index (χ3n) is 3.01. The second kappa shape index (κ2) is 6.80. The average molecular weight is 217 g/mol. The van der Waals surface area contributed by atoms with Crippen molar-refractivity contribution >= 4 is 5.97 Å². The van der Waals surface area contributed by atoms with Crippen molar-refractivity contribution < 1.29 is 14.6 Å². The first kappa shape index (κ1) is 14.4. The molecular weight excluding hydrogens is 194 g/mol. The first-order valence-electron chi connectivity index (χ1n) is 5.52. The largest absolute Gasteiger partial charge is 0.481 e. The van der Waals surface area contributed by atoms with E-state index in [1.165, 1.54) is 0 Å². The van der Waals surface area contributed by atoms with Gasteiger partial charge in [-0.05, 0) is 25.7 Å². The van der Waals surface area contributed by atoms with E-state index in [0.29, 0.717) is 19.6 Å². The third-order valence-corrected chi connectivity index (χ3v) is 3.01. The van der Waals surface area contributed by atoms with Crippen molar-refractivity contribution in [2.24, 2.45) is 17.1 Å². The van der Waals surface area contributed by atoms with Crippen molar-refractivity contribution in [3.8, 4) is 0 Å². The van der Waals surface area contributed by atoms with Gasteiger partial charge in [-0.25, -0.2) is 0 Å². The lowest BCUT2D eigenvalue weighted by atomic mass is 9.74. The SMILES string of the molecule is CCOCCCC(CN)(C(=O)O)C(C)C. The predicted octanol–water partition coefficient (Wildman–Crippen LogP) is 1.49. The molecule has 0 aliphatic rings. The number of carboxylic acid groups (broad SMARTS) is 1. The van der Waals surface area contributed by atoms with E-state index in [1.807, 2.05) is 20.8 Å². The normalized spacial score (nSPS) is 15.3. The lowest BCUT2D eigenvalue weighted by Crippen LogP contribution is -2.43. The summed E-state index contributed by atoms with van der Waals surface area (Å²) in [5.41, 5.74) is 4.81. The fourth-order valence-electron chi connectivity index (χ4n) is 1.70. The van der Waals surface area contributed by atoms with Crippen LogP contribution in [0.3, 0.4) is 0 Å². The second-order valence-electron chi connectivity index (χ2n) is 4.12. The summed E-state index contributed by atoms with van der Waals surface area (Å²) in [5.74, 6) is -0.752. The summed E-state index contributed by atoms with van der Waals surface area (Å²) >= 11 is 0. The zero-order chi connectivity index (χ0) is 11.9. The lowest BCUT2D eigenvalue weighted by molar-refractivity contribution is -0.152. The summed E-state index contributed by atoms with van der Waals surface area (Å²) in [5, 5.41) is 9.23. The van der Waals surface area contributed by atoms with Gasteiger partial charge in [0.2, 0.25) is 0 Å². The van der Waals surface area contributed by atoms with Gasteiger partial charge in [-0.1, -0.05) is 13.8 Å². The molecule has 0 rings (SSSR count). The molecule has 0 bridgehead atoms. The van der Waals surface area contributed by atoms with Gasteiger partial charge in [0.15, 0.2) is 0 Å². The van der Waals surface area contributed by atoms with Crippen LogP contribution in [0.15, 0.2) is 0 Å². The Labute approximate surface area is 91.8 Å². The van der Waals surface area contributed by atoms with Gasteiger partial charge in [-0.15, -0.1) is 0 Å². The summed E-state index contributed by atoms with van der Waals surface area (Å²) in [7, 11) is 0. The van der Waals surface area contributed by atoms with Gasteiger partial charge in [-0.3, -0.25) is 4.79 Å². The van der Waals surface area contributed by atoms with E-state index >= 15 is 0 Å². The highest BCUT2D eigenvalue weighted by atomic mass is 16.5. The fourth-order valence-corrected chi connectivity index (χ4v) is 1.70. The van der Waals surface area contributed by atoms with E-state index in [4.69, 9.17) is 10.5 Å². The highest BCUT2D eigenvalue weighted by Crippen LogP contribution is 2.32. The summed E-state index contributed by atoms with van der Waals surface area (Å²) in [6.45, 7) is 7.20. The molecule has 1 unspecified atom stereocenters. The summed E-state index contributed by atoms with van der Waals surface area (Å²) in [4.78, 5) is 11.2. The Morgan fingerprint density at radius 1 is 1.53 bits per heavy atom. The molecule has 0 radical (unpaired) electrons. The molecule has 0 spiro atoms. The minimum Gasteiger partial charge on any atom is -0.481 e. The lowest BCUT2D eigenvalue weighted by Gasteiger charge is -2.32. The van der Waals surface area contributed by atoms with E-state index in [9.17, 15) is 9.90 Å². The number of aliphatic carboxylic acids is 1. The van der Waals surface area contributed by atoms with Crippen molar-refractivity contribution in [2.45, 2.75) is 33.6 Å². The zero-order valence-electron chi connectivity index (χ0n) is 9.95. The molecular formula is C11H23NO3. The van der Waals surface area contributed by atoms with Crippen molar-refractivity contribution in [1.29, 1.82) is 0 Å². The molecule has 15 heavy (non-hydrogen) atoms. The van der Waals surface area contributed by atoms with Gasteiger partial charge >= 0.3 is 5.97 Å². The van der Waals surface area contributed by atoms with Crippen LogP contribution < -0.4 is 5.73 Å². The number of hydrogen-bond donors (Lipinski definition) is 2. The molecule has 0 aliphatic carbocycles. The van der Waals surface area contributed by atoms with E-state index < -0.39 is 11.4 Å². The zero-order valence-corrected chi connectivity index (χ0v) is 9.95. The highest BCUT2D eigenvalue weighted by molar-refractivity contribution is 5.75. The standard InChI is InChI=1S/C11H23NO3/c1-4-15-7-5-6-11(8-12,9(2)3)10(13)14/h9H,4-8,12H2,1-3H3,(H,13,14). The molecule has 90 valence electrons. The molecule has 0 aromatic heterocycles. The van der Waals surface area contributed by atoms with E-state index in [1.54, 1.807) is 0 Å². The molecule has 0 saturated heterocycles. The summed E-state index contributed by atoms with van der Waals surface area (Å²) < 4.78 is 5.20. The van der Waals surface area contributed by atoms with Crippen LogP contribution in [0.4, 0.5) is 0 Å². The van der Waals surface area contributed by atoms with Crippen LogP contribution in [0.25, 0.3) is 0 Å². The maximum atomic E-state index is 11.2. The Morgan fingerprint density at radius 3 is 2.47 bits per heavy atom. The van der Waals surface area contributed by atoms with Gasteiger partial charge < -0.3 is 15.6 Å². The van der Waals surface area contributed by atoms with Gasteiger partial charge in [0.25, 0.3) is 0 Å². The Balaban J connectivity index is 4.30. The Bertz CT molecular complexity index is 194. The van der Waals surface area contributed by atoms with Gasteiger partial charge in [0.05, 0.1) is 5.41 Å². The van der Waals surface area contributed by atoms with Crippen LogP contribution in [0.2, 0.25) is 0 Å². The second-order valence-corrected chi connectivity index (χ2v) is 4.12. The fraction of sp³-hybridized carbons (Fsp3) is 0.909. The molecule has 0 aromatic rings. The van der Waals surface area contributed by atoms with Gasteiger partial charge in [0.1, 0.15) is 0 Å². The summed E-state index contributed by atoms with van der Waals surface area (Å²) in [6.07, 6.45) is 1.33. The Morgan fingerprint density at radius 2 is 2.13 bits per heavy atom. The first-order valence-corrected chi connectivity index (χ1v) is 5.52. The van der Waals surface area contributed by atoms with Crippen LogP contribution in [0.5, 0.6) is 0 Å². The molecule has 4 nitrogen and oxygen atoms in total. The molecule has 0 aliphatic heterocycles. The van der Waals surface area contributed by atoms with E-state index in [-0.39, 0.29) is 12.5 Å². The smallest absolute Gasteiger partial charge is 0.311 e. The number of ether oxygens (including phenoxy) is 1. The molecule has 3 N–H and O–H groups in total. The van der Waals surface area contributed by atoms with Crippen molar-refractivity contribution in [3.05, 3.63) is 0 Å². The topological polar surface area (TPSA) is 72.5 Å². The van der Waals surface area contributed by atoms with Crippen LogP contribution in [-0.2, 0) is 9.53 Å². The number of rotatable bonds is 8. The quantitative estimate of drug-likeness (QED) is 0.604. The number of nitrogens with two attached hydrogens (primary N) is 1. The number of carboxylic acids is 1. The van der Waals surface area contributed by atoms with Crippen LogP contribution in [-0.4, -0.2) is 30.8 Å². The molecule has 0 fully saturated rings. The van der Waals surface area contributed by atoms with Crippen molar-refractivity contribution in [2.75, 3.05) is 19.8 Å². The maximum absolute atomic E-state index is 11.2.